The van der Waals surface area contributed by atoms with Crippen molar-refractivity contribution in [3.63, 3.8) is 0 Å². The average Bonchev–Trinajstić information content (AvgIpc) is 2.78. The summed E-state index contributed by atoms with van der Waals surface area (Å²) in [7, 11) is 1.33. The first kappa shape index (κ1) is 12.9. The Bertz CT molecular complexity index is 686. The maximum Gasteiger partial charge on any atom is 0.276 e. The zero-order chi connectivity index (χ0) is 13.3. The molecular formula is C12H10ClNO3S. The molecule has 18 heavy (non-hydrogen) atoms. The molecule has 0 spiro atoms. The summed E-state index contributed by atoms with van der Waals surface area (Å²) in [4.78, 5) is 14.5. The summed E-state index contributed by atoms with van der Waals surface area (Å²) in [6.07, 6.45) is 1.33. The molecule has 0 aliphatic rings. The van der Waals surface area contributed by atoms with E-state index < -0.39 is 9.05 Å². The minimum Gasteiger partial charge on any atom is -0.351 e. The average molecular weight is 284 g/mol. The van der Waals surface area contributed by atoms with Crippen molar-refractivity contribution in [2.75, 3.05) is 0 Å². The molecule has 1 aromatic carbocycles. The Labute approximate surface area is 109 Å². The summed E-state index contributed by atoms with van der Waals surface area (Å²) in [5.41, 5.74) is 1.81. The molecule has 2 rings (SSSR count). The molecular weight excluding hydrogens is 274 g/mol. The van der Waals surface area contributed by atoms with Gasteiger partial charge in [0, 0.05) is 28.0 Å². The maximum atomic E-state index is 12.0. The Morgan fingerprint density at radius 1 is 1.17 bits per heavy atom. The Morgan fingerprint density at radius 3 is 2.28 bits per heavy atom. The summed E-state index contributed by atoms with van der Waals surface area (Å²) in [6.45, 7) is 1.92. The van der Waals surface area contributed by atoms with E-state index in [0.29, 0.717) is 5.56 Å². The Morgan fingerprint density at radius 2 is 1.78 bits per heavy atom. The van der Waals surface area contributed by atoms with Crippen LogP contribution in [0.4, 0.5) is 0 Å². The van der Waals surface area contributed by atoms with E-state index in [0.717, 1.165) is 5.56 Å². The highest BCUT2D eigenvalue weighted by Gasteiger charge is 2.16. The molecule has 0 saturated heterocycles. The third kappa shape index (κ3) is 2.63. The van der Waals surface area contributed by atoms with Crippen LogP contribution in [0.1, 0.15) is 21.5 Å². The largest absolute Gasteiger partial charge is 0.351 e. The topological polar surface area (TPSA) is 67.0 Å². The van der Waals surface area contributed by atoms with Crippen LogP contribution in [0.25, 0.3) is 0 Å². The van der Waals surface area contributed by atoms with E-state index in [9.17, 15) is 13.2 Å². The number of aromatic nitrogens is 1. The monoisotopic (exact) mass is 283 g/mol. The molecule has 1 aromatic heterocycles. The fourth-order valence-corrected chi connectivity index (χ4v) is 2.25. The molecule has 0 aliphatic heterocycles. The minimum atomic E-state index is -3.84. The normalized spacial score (nSPS) is 11.4. The number of nitrogens with one attached hydrogen (secondary N) is 1. The van der Waals surface area contributed by atoms with Gasteiger partial charge in [-0.1, -0.05) is 29.8 Å². The quantitative estimate of drug-likeness (QED) is 0.695. The number of carbonyl (C=O) groups is 1. The molecule has 0 atom stereocenters. The number of rotatable bonds is 3. The maximum absolute atomic E-state index is 12.0. The standard InChI is InChI=1S/C12H10ClNO3S/c1-8-2-4-9(5-3-8)12(15)10-6-11(14-7-10)18(13,16)17/h2-7,14H,1H3. The molecule has 94 valence electrons. The number of H-pyrrole nitrogens is 1. The van der Waals surface area contributed by atoms with Crippen molar-refractivity contribution in [1.29, 1.82) is 0 Å². The highest BCUT2D eigenvalue weighted by molar-refractivity contribution is 8.13. The highest BCUT2D eigenvalue weighted by Crippen LogP contribution is 2.17. The Balaban J connectivity index is 2.35. The molecule has 6 heteroatoms. The van der Waals surface area contributed by atoms with Gasteiger partial charge in [0.25, 0.3) is 9.05 Å². The van der Waals surface area contributed by atoms with Crippen LogP contribution in [0, 0.1) is 6.92 Å². The molecule has 1 heterocycles. The van der Waals surface area contributed by atoms with Crippen molar-refractivity contribution in [2.24, 2.45) is 0 Å². The first-order valence-electron chi connectivity index (χ1n) is 5.12. The van der Waals surface area contributed by atoms with Gasteiger partial charge in [-0.05, 0) is 13.0 Å². The summed E-state index contributed by atoms with van der Waals surface area (Å²) in [5.74, 6) is -0.252. The summed E-state index contributed by atoms with van der Waals surface area (Å²) >= 11 is 0. The Kier molecular flexibility index (Phi) is 3.28. The predicted octanol–water partition coefficient (Wildman–Crippen LogP) is 2.48. The van der Waals surface area contributed by atoms with Crippen molar-refractivity contribution < 1.29 is 13.2 Å². The van der Waals surface area contributed by atoms with Crippen molar-refractivity contribution in [2.45, 2.75) is 11.9 Å². The van der Waals surface area contributed by atoms with Crippen molar-refractivity contribution in [1.82, 2.24) is 4.98 Å². The molecule has 2 aromatic rings. The zero-order valence-electron chi connectivity index (χ0n) is 9.48. The number of hydrogen-bond donors (Lipinski definition) is 1. The molecule has 0 amide bonds. The van der Waals surface area contributed by atoms with Crippen LogP contribution in [0.2, 0.25) is 0 Å². The van der Waals surface area contributed by atoms with Gasteiger partial charge in [0.05, 0.1) is 0 Å². The number of halogens is 1. The molecule has 0 radical (unpaired) electrons. The summed E-state index contributed by atoms with van der Waals surface area (Å²) in [6, 6.07) is 8.25. The lowest BCUT2D eigenvalue weighted by atomic mass is 10.0. The number of carbonyl (C=O) groups excluding carboxylic acids is 1. The van der Waals surface area contributed by atoms with Gasteiger partial charge in [-0.2, -0.15) is 0 Å². The van der Waals surface area contributed by atoms with E-state index in [-0.39, 0.29) is 16.4 Å². The van der Waals surface area contributed by atoms with Gasteiger partial charge in [-0.25, -0.2) is 8.42 Å². The van der Waals surface area contributed by atoms with Crippen LogP contribution in [0.5, 0.6) is 0 Å². The van der Waals surface area contributed by atoms with Crippen LogP contribution in [0.15, 0.2) is 41.6 Å². The zero-order valence-corrected chi connectivity index (χ0v) is 11.0. The third-order valence-electron chi connectivity index (χ3n) is 2.50. The van der Waals surface area contributed by atoms with Crippen LogP contribution >= 0.6 is 10.7 Å². The predicted molar refractivity (Wildman–Crippen MR) is 68.4 cm³/mol. The van der Waals surface area contributed by atoms with E-state index in [1.165, 1.54) is 12.3 Å². The van der Waals surface area contributed by atoms with Gasteiger partial charge in [0.1, 0.15) is 5.03 Å². The van der Waals surface area contributed by atoms with Crippen molar-refractivity contribution >= 4 is 25.5 Å². The molecule has 0 unspecified atom stereocenters. The van der Waals surface area contributed by atoms with Crippen LogP contribution in [0.3, 0.4) is 0 Å². The second kappa shape index (κ2) is 4.59. The van der Waals surface area contributed by atoms with Gasteiger partial charge in [0.15, 0.2) is 5.78 Å². The van der Waals surface area contributed by atoms with E-state index in [1.54, 1.807) is 12.1 Å². The molecule has 0 saturated carbocycles. The molecule has 0 fully saturated rings. The van der Waals surface area contributed by atoms with Gasteiger partial charge >= 0.3 is 0 Å². The molecule has 4 nitrogen and oxygen atoms in total. The van der Waals surface area contributed by atoms with E-state index in [4.69, 9.17) is 10.7 Å². The molecule has 0 aliphatic carbocycles. The van der Waals surface area contributed by atoms with Crippen LogP contribution in [-0.2, 0) is 9.05 Å². The second-order valence-corrected chi connectivity index (χ2v) is 6.42. The van der Waals surface area contributed by atoms with E-state index in [1.807, 2.05) is 19.1 Å². The second-order valence-electron chi connectivity index (χ2n) is 3.89. The number of aryl methyl sites for hydroxylation is 1. The smallest absolute Gasteiger partial charge is 0.276 e. The lowest BCUT2D eigenvalue weighted by Crippen LogP contribution is -1.99. The Hall–Kier alpha value is -1.59. The number of aromatic amines is 1. The minimum absolute atomic E-state index is 0.181. The summed E-state index contributed by atoms with van der Waals surface area (Å²) < 4.78 is 22.1. The van der Waals surface area contributed by atoms with E-state index >= 15 is 0 Å². The molecule has 0 bridgehead atoms. The van der Waals surface area contributed by atoms with E-state index in [2.05, 4.69) is 4.98 Å². The highest BCUT2D eigenvalue weighted by atomic mass is 35.7. The first-order chi connectivity index (χ1) is 8.38. The number of hydrogen-bond acceptors (Lipinski definition) is 3. The van der Waals surface area contributed by atoms with Crippen LogP contribution in [-0.4, -0.2) is 19.2 Å². The van der Waals surface area contributed by atoms with Crippen molar-refractivity contribution in [3.05, 3.63) is 53.2 Å². The fraction of sp³-hybridized carbons (Fsp3) is 0.0833. The summed E-state index contributed by atoms with van der Waals surface area (Å²) in [5, 5.41) is -0.181. The third-order valence-corrected chi connectivity index (χ3v) is 3.75. The number of ketones is 1. The lowest BCUT2D eigenvalue weighted by molar-refractivity contribution is 0.103. The van der Waals surface area contributed by atoms with Gasteiger partial charge in [-0.3, -0.25) is 4.79 Å². The van der Waals surface area contributed by atoms with Gasteiger partial charge < -0.3 is 4.98 Å². The lowest BCUT2D eigenvalue weighted by Gasteiger charge is -1.98. The number of benzene rings is 1. The SMILES string of the molecule is Cc1ccc(C(=O)c2c[nH]c(S(=O)(=O)Cl)c2)cc1. The van der Waals surface area contributed by atoms with Crippen LogP contribution < -0.4 is 0 Å². The van der Waals surface area contributed by atoms with Crippen molar-refractivity contribution in [3.8, 4) is 0 Å². The fourth-order valence-electron chi connectivity index (χ4n) is 1.52. The first-order valence-corrected chi connectivity index (χ1v) is 7.43. The van der Waals surface area contributed by atoms with Gasteiger partial charge in [-0.15, -0.1) is 0 Å². The van der Waals surface area contributed by atoms with Gasteiger partial charge in [0.2, 0.25) is 0 Å². The molecule has 1 N–H and O–H groups in total.